The molecule has 0 bridgehead atoms. The summed E-state index contributed by atoms with van der Waals surface area (Å²) in [6.45, 7) is 2.51. The molecule has 1 atom stereocenters. The van der Waals surface area contributed by atoms with Gasteiger partial charge in [0.05, 0.1) is 18.1 Å². The smallest absolute Gasteiger partial charge is 0.235 e. The third-order valence-corrected chi connectivity index (χ3v) is 4.72. The van der Waals surface area contributed by atoms with Crippen molar-refractivity contribution in [1.82, 2.24) is 19.7 Å². The Labute approximate surface area is 133 Å². The molecule has 2 aromatic rings. The number of hydrogen-bond donors (Lipinski definition) is 0. The molecule has 2 heterocycles. The lowest BCUT2D eigenvalue weighted by molar-refractivity contribution is -0.127. The van der Waals surface area contributed by atoms with Crippen LogP contribution in [-0.2, 0) is 11.3 Å². The Hall–Kier alpha value is -1.76. The van der Waals surface area contributed by atoms with Crippen LogP contribution in [0.4, 0.5) is 0 Å². The minimum atomic E-state index is -0.193. The van der Waals surface area contributed by atoms with Gasteiger partial charge in [0.2, 0.25) is 5.91 Å². The van der Waals surface area contributed by atoms with Crippen molar-refractivity contribution in [2.45, 2.75) is 42.6 Å². The second kappa shape index (κ2) is 6.16. The molecule has 22 heavy (non-hydrogen) atoms. The van der Waals surface area contributed by atoms with Crippen LogP contribution in [0.25, 0.3) is 0 Å². The van der Waals surface area contributed by atoms with Crippen molar-refractivity contribution in [2.24, 2.45) is 0 Å². The molecule has 0 aliphatic heterocycles. The topological polar surface area (TPSA) is 64.2 Å². The molecule has 1 saturated carbocycles. The Balaban J connectivity index is 1.82. The first-order chi connectivity index (χ1) is 10.6. The molecule has 1 amide bonds. The van der Waals surface area contributed by atoms with Crippen molar-refractivity contribution >= 4 is 17.7 Å². The maximum absolute atomic E-state index is 12.1. The molecule has 1 fully saturated rings. The van der Waals surface area contributed by atoms with Crippen molar-refractivity contribution in [3.05, 3.63) is 30.0 Å². The van der Waals surface area contributed by atoms with Gasteiger partial charge in [-0.25, -0.2) is 0 Å². The van der Waals surface area contributed by atoms with E-state index in [2.05, 4.69) is 14.8 Å². The monoisotopic (exact) mass is 320 g/mol. The third kappa shape index (κ3) is 3.19. The van der Waals surface area contributed by atoms with E-state index in [9.17, 15) is 4.79 Å². The number of hydrogen-bond acceptors (Lipinski definition) is 5. The minimum Gasteiger partial charge on any atom is -0.467 e. The van der Waals surface area contributed by atoms with Gasteiger partial charge in [-0.15, -0.1) is 10.2 Å². The standard InChI is InChI=1S/C15H20N4O2S/c1-10(14(20)18(2)3)22-15-17-16-13(11-6-7-11)19(15)9-12-5-4-8-21-12/h4-5,8,10-11H,6-7,9H2,1-3H3. The van der Waals surface area contributed by atoms with Gasteiger partial charge in [0.1, 0.15) is 11.6 Å². The average Bonchev–Trinajstić information content (AvgIpc) is 3.06. The Kier molecular flexibility index (Phi) is 4.24. The van der Waals surface area contributed by atoms with E-state index in [0.29, 0.717) is 12.5 Å². The van der Waals surface area contributed by atoms with E-state index in [0.717, 1.165) is 29.6 Å². The number of rotatable bonds is 6. The molecule has 6 nitrogen and oxygen atoms in total. The van der Waals surface area contributed by atoms with Gasteiger partial charge in [-0.3, -0.25) is 9.36 Å². The summed E-state index contributed by atoms with van der Waals surface area (Å²) in [4.78, 5) is 13.7. The van der Waals surface area contributed by atoms with E-state index < -0.39 is 0 Å². The van der Waals surface area contributed by atoms with E-state index in [-0.39, 0.29) is 11.2 Å². The molecule has 0 spiro atoms. The zero-order valence-corrected chi connectivity index (χ0v) is 13.8. The summed E-state index contributed by atoms with van der Waals surface area (Å²) in [6, 6.07) is 3.82. The number of nitrogens with zero attached hydrogens (tertiary/aromatic N) is 4. The van der Waals surface area contributed by atoms with E-state index in [1.165, 1.54) is 11.8 Å². The number of furan rings is 1. The van der Waals surface area contributed by atoms with Gasteiger partial charge >= 0.3 is 0 Å². The van der Waals surface area contributed by atoms with E-state index in [4.69, 9.17) is 4.42 Å². The molecule has 0 radical (unpaired) electrons. The zero-order chi connectivity index (χ0) is 15.7. The number of amides is 1. The summed E-state index contributed by atoms with van der Waals surface area (Å²) in [5, 5.41) is 9.23. The summed E-state index contributed by atoms with van der Waals surface area (Å²) >= 11 is 1.45. The number of aromatic nitrogens is 3. The molecule has 0 aromatic carbocycles. The summed E-state index contributed by atoms with van der Waals surface area (Å²) in [6.07, 6.45) is 3.99. The van der Waals surface area contributed by atoms with Gasteiger partial charge in [0, 0.05) is 20.0 Å². The van der Waals surface area contributed by atoms with Crippen LogP contribution >= 0.6 is 11.8 Å². The summed E-state index contributed by atoms with van der Waals surface area (Å²) in [5.41, 5.74) is 0. The van der Waals surface area contributed by atoms with Crippen LogP contribution in [-0.4, -0.2) is 44.9 Å². The van der Waals surface area contributed by atoms with Crippen LogP contribution < -0.4 is 0 Å². The molecule has 7 heteroatoms. The van der Waals surface area contributed by atoms with Crippen LogP contribution in [0.5, 0.6) is 0 Å². The summed E-state index contributed by atoms with van der Waals surface area (Å²) < 4.78 is 7.53. The Morgan fingerprint density at radius 3 is 2.86 bits per heavy atom. The molecule has 1 aliphatic rings. The van der Waals surface area contributed by atoms with E-state index in [1.54, 1.807) is 25.3 Å². The first kappa shape index (κ1) is 15.1. The number of carbonyl (C=O) groups is 1. The largest absolute Gasteiger partial charge is 0.467 e. The van der Waals surface area contributed by atoms with Crippen LogP contribution in [0.2, 0.25) is 0 Å². The van der Waals surface area contributed by atoms with Gasteiger partial charge in [-0.05, 0) is 31.9 Å². The van der Waals surface area contributed by atoms with Gasteiger partial charge in [-0.1, -0.05) is 11.8 Å². The molecule has 118 valence electrons. The predicted octanol–water partition coefficient (Wildman–Crippen LogP) is 2.37. The van der Waals surface area contributed by atoms with Gasteiger partial charge < -0.3 is 9.32 Å². The summed E-state index contributed by atoms with van der Waals surface area (Å²) in [7, 11) is 3.53. The van der Waals surface area contributed by atoms with Crippen molar-refractivity contribution < 1.29 is 9.21 Å². The average molecular weight is 320 g/mol. The van der Waals surface area contributed by atoms with Gasteiger partial charge in [-0.2, -0.15) is 0 Å². The van der Waals surface area contributed by atoms with Crippen molar-refractivity contribution in [1.29, 1.82) is 0 Å². The highest BCUT2D eigenvalue weighted by atomic mass is 32.2. The Morgan fingerprint density at radius 2 is 2.27 bits per heavy atom. The molecule has 2 aromatic heterocycles. The molecular formula is C15H20N4O2S. The Bertz CT molecular complexity index is 647. The minimum absolute atomic E-state index is 0.0746. The highest BCUT2D eigenvalue weighted by Gasteiger charge is 2.31. The van der Waals surface area contributed by atoms with Crippen LogP contribution in [0.15, 0.2) is 28.0 Å². The fourth-order valence-electron chi connectivity index (χ4n) is 2.31. The van der Waals surface area contributed by atoms with Crippen molar-refractivity contribution in [3.63, 3.8) is 0 Å². The Morgan fingerprint density at radius 1 is 1.50 bits per heavy atom. The normalized spacial score (nSPS) is 15.8. The van der Waals surface area contributed by atoms with Gasteiger partial charge in [0.15, 0.2) is 5.16 Å². The molecule has 0 saturated heterocycles. The highest BCUT2D eigenvalue weighted by molar-refractivity contribution is 8.00. The van der Waals surface area contributed by atoms with Gasteiger partial charge in [0.25, 0.3) is 0 Å². The highest BCUT2D eigenvalue weighted by Crippen LogP contribution is 2.40. The maximum atomic E-state index is 12.1. The third-order valence-electron chi connectivity index (χ3n) is 3.65. The quantitative estimate of drug-likeness (QED) is 0.765. The molecule has 3 rings (SSSR count). The molecule has 1 unspecified atom stereocenters. The zero-order valence-electron chi connectivity index (χ0n) is 13.0. The van der Waals surface area contributed by atoms with E-state index >= 15 is 0 Å². The predicted molar refractivity (Wildman–Crippen MR) is 83.8 cm³/mol. The molecular weight excluding hydrogens is 300 g/mol. The number of carbonyl (C=O) groups excluding carboxylic acids is 1. The lowest BCUT2D eigenvalue weighted by Gasteiger charge is -2.16. The first-order valence-corrected chi connectivity index (χ1v) is 8.27. The van der Waals surface area contributed by atoms with Crippen molar-refractivity contribution in [3.8, 4) is 0 Å². The fraction of sp³-hybridized carbons (Fsp3) is 0.533. The van der Waals surface area contributed by atoms with E-state index in [1.807, 2.05) is 19.1 Å². The second-order valence-electron chi connectivity index (χ2n) is 5.77. The SMILES string of the molecule is CC(Sc1nnc(C2CC2)n1Cc1ccco1)C(=O)N(C)C. The van der Waals surface area contributed by atoms with Crippen LogP contribution in [0, 0.1) is 0 Å². The first-order valence-electron chi connectivity index (χ1n) is 7.39. The maximum Gasteiger partial charge on any atom is 0.235 e. The lowest BCUT2D eigenvalue weighted by atomic mass is 10.3. The fourth-order valence-corrected chi connectivity index (χ4v) is 3.31. The lowest BCUT2D eigenvalue weighted by Crippen LogP contribution is -2.29. The van der Waals surface area contributed by atoms with Crippen molar-refractivity contribution in [2.75, 3.05) is 14.1 Å². The van der Waals surface area contributed by atoms with Crippen LogP contribution in [0.1, 0.15) is 37.3 Å². The molecule has 0 N–H and O–H groups in total. The summed E-state index contributed by atoms with van der Waals surface area (Å²) in [5.74, 6) is 2.45. The molecule has 1 aliphatic carbocycles. The number of thioether (sulfide) groups is 1. The second-order valence-corrected chi connectivity index (χ2v) is 7.08. The van der Waals surface area contributed by atoms with Crippen LogP contribution in [0.3, 0.4) is 0 Å².